The zero-order valence-electron chi connectivity index (χ0n) is 22.4. The minimum absolute atomic E-state index is 0.0207. The van der Waals surface area contributed by atoms with Gasteiger partial charge < -0.3 is 19.8 Å². The molecule has 0 aromatic heterocycles. The minimum Gasteiger partial charge on any atom is -0.497 e. The molecule has 232 valence electrons. The highest BCUT2D eigenvalue weighted by Gasteiger charge is 2.47. The third-order valence-corrected chi connectivity index (χ3v) is 6.52. The quantitative estimate of drug-likeness (QED) is 0.499. The second kappa shape index (κ2) is 13.8. The van der Waals surface area contributed by atoms with Crippen molar-refractivity contribution in [2.45, 2.75) is 30.9 Å². The average Bonchev–Trinajstić information content (AvgIpc) is 3.30. The molecule has 2 aliphatic rings. The summed E-state index contributed by atoms with van der Waals surface area (Å²) in [6.07, 6.45) is -9.18. The van der Waals surface area contributed by atoms with E-state index in [4.69, 9.17) is 24.5 Å². The SMILES string of the molecule is COc1ccc(CN2CCC3(C2)CN(c2cccc(F)c2)C(=O)CN3C)cc1.O=C(O)C(F)(F)F.O=C(O)C(F)(F)F. The van der Waals surface area contributed by atoms with Gasteiger partial charge in [0.15, 0.2) is 0 Å². The number of carboxylic acid groups (broad SMARTS) is 2. The van der Waals surface area contributed by atoms with Gasteiger partial charge in [-0.25, -0.2) is 14.0 Å². The predicted molar refractivity (Wildman–Crippen MR) is 134 cm³/mol. The molecule has 2 fully saturated rings. The molecule has 1 amide bonds. The van der Waals surface area contributed by atoms with Gasteiger partial charge in [0, 0.05) is 31.9 Å². The van der Waals surface area contributed by atoms with Crippen LogP contribution in [0.4, 0.5) is 36.4 Å². The van der Waals surface area contributed by atoms with E-state index in [1.165, 1.54) is 17.7 Å². The molecule has 2 N–H and O–H groups in total. The molecule has 2 aromatic carbocycles. The van der Waals surface area contributed by atoms with Gasteiger partial charge in [-0.2, -0.15) is 26.3 Å². The molecule has 0 bridgehead atoms. The molecule has 0 radical (unpaired) electrons. The largest absolute Gasteiger partial charge is 0.497 e. The lowest BCUT2D eigenvalue weighted by Gasteiger charge is -2.47. The first-order chi connectivity index (χ1) is 19.4. The van der Waals surface area contributed by atoms with E-state index in [2.05, 4.69) is 21.9 Å². The van der Waals surface area contributed by atoms with Crippen LogP contribution in [0.2, 0.25) is 0 Å². The Morgan fingerprint density at radius 1 is 0.952 bits per heavy atom. The molecule has 42 heavy (non-hydrogen) atoms. The number of nitrogens with zero attached hydrogens (tertiary/aromatic N) is 3. The fourth-order valence-electron chi connectivity index (χ4n) is 4.34. The van der Waals surface area contributed by atoms with E-state index in [0.29, 0.717) is 18.8 Å². The third-order valence-electron chi connectivity index (χ3n) is 6.52. The summed E-state index contributed by atoms with van der Waals surface area (Å²) in [5.41, 5.74) is 1.78. The summed E-state index contributed by atoms with van der Waals surface area (Å²) in [4.78, 5) is 36.8. The summed E-state index contributed by atoms with van der Waals surface area (Å²) in [5.74, 6) is -4.95. The highest BCUT2D eigenvalue weighted by molar-refractivity contribution is 5.96. The Balaban J connectivity index is 0.000000367. The van der Waals surface area contributed by atoms with Crippen LogP contribution in [-0.2, 0) is 20.9 Å². The molecule has 0 aliphatic carbocycles. The van der Waals surface area contributed by atoms with Crippen molar-refractivity contribution >= 4 is 23.5 Å². The van der Waals surface area contributed by atoms with E-state index in [1.807, 2.05) is 25.2 Å². The Morgan fingerprint density at radius 2 is 1.50 bits per heavy atom. The number of methoxy groups -OCH3 is 1. The fourth-order valence-corrected chi connectivity index (χ4v) is 4.34. The van der Waals surface area contributed by atoms with Crippen LogP contribution in [0, 0.1) is 5.82 Å². The molecule has 2 aliphatic heterocycles. The van der Waals surface area contributed by atoms with Gasteiger partial charge in [0.1, 0.15) is 11.6 Å². The van der Waals surface area contributed by atoms with Crippen LogP contribution in [0.3, 0.4) is 0 Å². The third kappa shape index (κ3) is 9.58. The number of alkyl halides is 6. The van der Waals surface area contributed by atoms with Crippen molar-refractivity contribution in [2.24, 2.45) is 0 Å². The van der Waals surface area contributed by atoms with E-state index < -0.39 is 24.3 Å². The Hall–Kier alpha value is -3.92. The lowest BCUT2D eigenvalue weighted by atomic mass is 9.92. The number of piperazine rings is 1. The van der Waals surface area contributed by atoms with Crippen molar-refractivity contribution in [1.29, 1.82) is 0 Å². The van der Waals surface area contributed by atoms with Gasteiger partial charge in [0.2, 0.25) is 5.91 Å². The van der Waals surface area contributed by atoms with Crippen molar-refractivity contribution in [3.05, 3.63) is 59.9 Å². The molecule has 1 atom stereocenters. The van der Waals surface area contributed by atoms with Crippen LogP contribution in [0.1, 0.15) is 12.0 Å². The number of rotatable bonds is 4. The number of benzene rings is 2. The topological polar surface area (TPSA) is 111 Å². The van der Waals surface area contributed by atoms with Gasteiger partial charge in [-0.3, -0.25) is 14.6 Å². The molecule has 0 saturated carbocycles. The Labute approximate surface area is 235 Å². The molecule has 2 aromatic rings. The van der Waals surface area contributed by atoms with Gasteiger partial charge in [-0.05, 0) is 49.4 Å². The van der Waals surface area contributed by atoms with Crippen molar-refractivity contribution in [1.82, 2.24) is 9.80 Å². The fraction of sp³-hybridized carbons (Fsp3) is 0.423. The number of anilines is 1. The number of hydrogen-bond donors (Lipinski definition) is 2. The lowest BCUT2D eigenvalue weighted by molar-refractivity contribution is -0.193. The zero-order chi connectivity index (χ0) is 31.9. The summed E-state index contributed by atoms with van der Waals surface area (Å²) in [7, 11) is 3.70. The normalized spacial score (nSPS) is 19.5. The first-order valence-corrected chi connectivity index (χ1v) is 12.1. The maximum Gasteiger partial charge on any atom is 0.490 e. The first-order valence-electron chi connectivity index (χ1n) is 12.1. The van der Waals surface area contributed by atoms with Gasteiger partial charge >= 0.3 is 24.3 Å². The lowest BCUT2D eigenvalue weighted by Crippen LogP contribution is -2.64. The smallest absolute Gasteiger partial charge is 0.490 e. The number of halogens is 7. The molecule has 16 heteroatoms. The number of ether oxygens (including phenoxy) is 1. The monoisotopic (exact) mass is 611 g/mol. The van der Waals surface area contributed by atoms with Crippen LogP contribution in [0.25, 0.3) is 0 Å². The van der Waals surface area contributed by atoms with Crippen molar-refractivity contribution in [3.63, 3.8) is 0 Å². The maximum atomic E-state index is 13.7. The van der Waals surface area contributed by atoms with Crippen molar-refractivity contribution < 1.29 is 60.1 Å². The molecule has 2 heterocycles. The molecule has 1 unspecified atom stereocenters. The van der Waals surface area contributed by atoms with Crippen LogP contribution < -0.4 is 9.64 Å². The summed E-state index contributed by atoms with van der Waals surface area (Å²) in [6, 6.07) is 14.5. The number of carboxylic acids is 2. The van der Waals surface area contributed by atoms with Gasteiger partial charge in [0.05, 0.1) is 19.2 Å². The predicted octanol–water partition coefficient (Wildman–Crippen LogP) is 4.02. The Morgan fingerprint density at radius 3 is 1.98 bits per heavy atom. The summed E-state index contributed by atoms with van der Waals surface area (Å²) >= 11 is 0. The second-order valence-electron chi connectivity index (χ2n) is 9.45. The van der Waals surface area contributed by atoms with Crippen LogP contribution in [0.5, 0.6) is 5.75 Å². The highest BCUT2D eigenvalue weighted by Crippen LogP contribution is 2.34. The van der Waals surface area contributed by atoms with Crippen molar-refractivity contribution in [3.8, 4) is 5.75 Å². The Bertz CT molecular complexity index is 1220. The number of hydrogen-bond acceptors (Lipinski definition) is 6. The van der Waals surface area contributed by atoms with E-state index >= 15 is 0 Å². The number of carbonyl (C=O) groups is 3. The molecular weight excluding hydrogens is 583 g/mol. The first kappa shape index (κ1) is 34.3. The summed E-state index contributed by atoms with van der Waals surface area (Å²) < 4.78 is 82.4. The molecule has 4 rings (SSSR count). The van der Waals surface area contributed by atoms with Crippen LogP contribution in [0.15, 0.2) is 48.5 Å². The minimum atomic E-state index is -5.08. The number of likely N-dealkylation sites (tertiary alicyclic amines) is 1. The standard InChI is InChI=1S/C22H26FN3O2.2C2HF3O2/c1-24-14-21(27)26(19-5-3-4-18(23)12-19)16-22(24)10-11-25(15-22)13-17-6-8-20(28-2)9-7-17;2*3-2(4,5)1(6)7/h3-9,12H,10-11,13-16H2,1-2H3;2*(H,6,7). The number of carbonyl (C=O) groups excluding carboxylic acids is 1. The van der Waals surface area contributed by atoms with E-state index in [9.17, 15) is 35.5 Å². The van der Waals surface area contributed by atoms with E-state index in [1.54, 1.807) is 18.1 Å². The molecular formula is C26H28F7N3O6. The molecule has 9 nitrogen and oxygen atoms in total. The molecule has 1 spiro atoms. The second-order valence-corrected chi connectivity index (χ2v) is 9.45. The van der Waals surface area contributed by atoms with Gasteiger partial charge in [0.25, 0.3) is 0 Å². The van der Waals surface area contributed by atoms with E-state index in [0.717, 1.165) is 31.8 Å². The summed E-state index contributed by atoms with van der Waals surface area (Å²) in [5, 5.41) is 14.2. The van der Waals surface area contributed by atoms with Crippen LogP contribution in [-0.4, -0.2) is 96.1 Å². The number of amides is 1. The van der Waals surface area contributed by atoms with Gasteiger partial charge in [-0.15, -0.1) is 0 Å². The Kier molecular flexibility index (Phi) is 11.3. The van der Waals surface area contributed by atoms with Crippen molar-refractivity contribution in [2.75, 3.05) is 45.2 Å². The number of likely N-dealkylation sites (N-methyl/N-ethyl adjacent to an activating group) is 1. The molecule has 2 saturated heterocycles. The maximum absolute atomic E-state index is 13.7. The zero-order valence-corrected chi connectivity index (χ0v) is 22.4. The van der Waals surface area contributed by atoms with Crippen LogP contribution >= 0.6 is 0 Å². The number of aliphatic carboxylic acids is 2. The highest BCUT2D eigenvalue weighted by atomic mass is 19.4. The average molecular weight is 612 g/mol. The van der Waals surface area contributed by atoms with Gasteiger partial charge in [-0.1, -0.05) is 18.2 Å². The van der Waals surface area contributed by atoms with E-state index in [-0.39, 0.29) is 17.3 Å². The summed E-state index contributed by atoms with van der Waals surface area (Å²) in [6.45, 7) is 3.67.